The van der Waals surface area contributed by atoms with Crippen molar-refractivity contribution in [3.63, 3.8) is 0 Å². The zero-order valence-electron chi connectivity index (χ0n) is 11.3. The number of carbonyl (C=O) groups is 1. The molecule has 20 heavy (non-hydrogen) atoms. The largest absolute Gasteiger partial charge is 0.362 e. The molecule has 0 aromatic carbocycles. The van der Waals surface area contributed by atoms with Crippen LogP contribution < -0.4 is 0 Å². The van der Waals surface area contributed by atoms with E-state index in [9.17, 15) is 10.1 Å². The molecule has 1 N–H and O–H groups in total. The summed E-state index contributed by atoms with van der Waals surface area (Å²) >= 11 is 0. The van der Waals surface area contributed by atoms with Gasteiger partial charge in [-0.25, -0.2) is 0 Å². The molecule has 1 atom stereocenters. The predicted octanol–water partition coefficient (Wildman–Crippen LogP) is 1.23. The minimum absolute atomic E-state index is 0.0182. The van der Waals surface area contributed by atoms with Crippen molar-refractivity contribution in [3.8, 4) is 6.07 Å². The number of piperazine rings is 1. The fourth-order valence-corrected chi connectivity index (χ4v) is 2.67. The van der Waals surface area contributed by atoms with Gasteiger partial charge in [-0.05, 0) is 31.1 Å². The number of hydrogen-bond donors (Lipinski definition) is 1. The van der Waals surface area contributed by atoms with Gasteiger partial charge >= 0.3 is 0 Å². The second-order valence-electron chi connectivity index (χ2n) is 5.36. The van der Waals surface area contributed by atoms with E-state index in [1.807, 2.05) is 18.3 Å². The van der Waals surface area contributed by atoms with Gasteiger partial charge in [0.25, 0.3) is 0 Å². The molecule has 1 saturated carbocycles. The molecule has 5 heteroatoms. The molecular formula is C15H18N4O. The molecule has 0 spiro atoms. The summed E-state index contributed by atoms with van der Waals surface area (Å²) in [6.45, 7) is 2.04. The summed E-state index contributed by atoms with van der Waals surface area (Å²) in [5, 5.41) is 9.27. The van der Waals surface area contributed by atoms with E-state index in [-0.39, 0.29) is 11.9 Å². The quantitative estimate of drug-likeness (QED) is 0.840. The highest BCUT2D eigenvalue weighted by atomic mass is 16.2. The average molecular weight is 270 g/mol. The van der Waals surface area contributed by atoms with Crippen molar-refractivity contribution in [2.45, 2.75) is 24.9 Å². The van der Waals surface area contributed by atoms with Gasteiger partial charge in [0, 0.05) is 43.6 Å². The number of nitrogens with zero attached hydrogens (tertiary/aromatic N) is 3. The molecular weight excluding hydrogens is 252 g/mol. The van der Waals surface area contributed by atoms with Gasteiger partial charge in [-0.1, -0.05) is 0 Å². The first-order chi connectivity index (χ1) is 9.78. The summed E-state index contributed by atoms with van der Waals surface area (Å²) in [4.78, 5) is 19.2. The lowest BCUT2D eigenvalue weighted by Crippen LogP contribution is -2.54. The van der Waals surface area contributed by atoms with Gasteiger partial charge in [-0.3, -0.25) is 9.69 Å². The predicted molar refractivity (Wildman–Crippen MR) is 75.5 cm³/mol. The molecule has 2 fully saturated rings. The van der Waals surface area contributed by atoms with E-state index in [1.165, 1.54) is 12.8 Å². The molecule has 3 rings (SSSR count). The summed E-state index contributed by atoms with van der Waals surface area (Å²) in [5.41, 5.74) is 0.909. The Labute approximate surface area is 118 Å². The van der Waals surface area contributed by atoms with Gasteiger partial charge in [0.2, 0.25) is 5.91 Å². The molecule has 1 unspecified atom stereocenters. The summed E-state index contributed by atoms with van der Waals surface area (Å²) in [7, 11) is 0. The Balaban J connectivity index is 1.60. The normalized spacial score (nSPS) is 23.9. The third kappa shape index (κ3) is 2.75. The van der Waals surface area contributed by atoms with Gasteiger partial charge in [0.15, 0.2) is 0 Å². The summed E-state index contributed by atoms with van der Waals surface area (Å²) in [5.74, 6) is -0.0182. The zero-order valence-corrected chi connectivity index (χ0v) is 11.3. The van der Waals surface area contributed by atoms with Crippen LogP contribution in [0.25, 0.3) is 6.08 Å². The van der Waals surface area contributed by atoms with E-state index in [0.717, 1.165) is 12.2 Å². The Kier molecular flexibility index (Phi) is 3.57. The first-order valence-electron chi connectivity index (χ1n) is 7.03. The molecule has 1 aromatic heterocycles. The topological polar surface area (TPSA) is 63.1 Å². The number of nitriles is 1. The fourth-order valence-electron chi connectivity index (χ4n) is 2.67. The lowest BCUT2D eigenvalue weighted by Gasteiger charge is -2.38. The van der Waals surface area contributed by atoms with Gasteiger partial charge in [0.05, 0.1) is 6.07 Å². The Morgan fingerprint density at radius 3 is 2.95 bits per heavy atom. The molecule has 2 heterocycles. The van der Waals surface area contributed by atoms with Crippen molar-refractivity contribution in [2.24, 2.45) is 0 Å². The van der Waals surface area contributed by atoms with E-state index in [0.29, 0.717) is 19.1 Å². The van der Waals surface area contributed by atoms with Crippen LogP contribution in [-0.2, 0) is 4.79 Å². The number of rotatable bonds is 3. The van der Waals surface area contributed by atoms with Gasteiger partial charge < -0.3 is 9.88 Å². The number of aromatic amines is 1. The molecule has 2 aliphatic rings. The summed E-state index contributed by atoms with van der Waals surface area (Å²) < 4.78 is 0. The highest BCUT2D eigenvalue weighted by Gasteiger charge is 2.38. The molecule has 1 saturated heterocycles. The zero-order chi connectivity index (χ0) is 13.9. The van der Waals surface area contributed by atoms with Gasteiger partial charge in [-0.2, -0.15) is 5.26 Å². The lowest BCUT2D eigenvalue weighted by atomic mass is 10.1. The minimum atomic E-state index is -0.154. The monoisotopic (exact) mass is 270 g/mol. The van der Waals surface area contributed by atoms with Crippen LogP contribution in [-0.4, -0.2) is 52.4 Å². The van der Waals surface area contributed by atoms with Crippen LogP contribution in [0.1, 0.15) is 18.5 Å². The second kappa shape index (κ2) is 5.51. The van der Waals surface area contributed by atoms with E-state index in [4.69, 9.17) is 0 Å². The number of carbonyl (C=O) groups excluding carboxylic acids is 1. The smallest absolute Gasteiger partial charge is 0.246 e. The average Bonchev–Trinajstić information content (AvgIpc) is 3.20. The van der Waals surface area contributed by atoms with Crippen LogP contribution in [0, 0.1) is 11.3 Å². The minimum Gasteiger partial charge on any atom is -0.362 e. The molecule has 1 aromatic rings. The van der Waals surface area contributed by atoms with Crippen molar-refractivity contribution < 1.29 is 4.79 Å². The molecule has 104 valence electrons. The number of aromatic nitrogens is 1. The number of amides is 1. The Morgan fingerprint density at radius 1 is 1.45 bits per heavy atom. The van der Waals surface area contributed by atoms with Crippen molar-refractivity contribution in [3.05, 3.63) is 30.1 Å². The number of hydrogen-bond acceptors (Lipinski definition) is 3. The van der Waals surface area contributed by atoms with E-state index in [1.54, 1.807) is 17.1 Å². The Bertz CT molecular complexity index is 539. The summed E-state index contributed by atoms with van der Waals surface area (Å²) in [6, 6.07) is 6.56. The number of H-pyrrole nitrogens is 1. The highest BCUT2D eigenvalue weighted by Crippen LogP contribution is 2.30. The second-order valence-corrected chi connectivity index (χ2v) is 5.36. The van der Waals surface area contributed by atoms with Crippen LogP contribution in [0.5, 0.6) is 0 Å². The SMILES string of the molecule is N#CC1CN(C(=O)/C=C/c2ccc[nH]2)CCN1C1CC1. The van der Waals surface area contributed by atoms with Crippen LogP contribution in [0.2, 0.25) is 0 Å². The Hall–Kier alpha value is -2.06. The molecule has 0 bridgehead atoms. The first kappa shape index (κ1) is 12.9. The van der Waals surface area contributed by atoms with Crippen molar-refractivity contribution in [2.75, 3.05) is 19.6 Å². The van der Waals surface area contributed by atoms with Crippen LogP contribution in [0.4, 0.5) is 0 Å². The van der Waals surface area contributed by atoms with Crippen LogP contribution >= 0.6 is 0 Å². The van der Waals surface area contributed by atoms with Crippen molar-refractivity contribution in [1.29, 1.82) is 5.26 Å². The van der Waals surface area contributed by atoms with E-state index in [2.05, 4.69) is 16.0 Å². The molecule has 1 aliphatic carbocycles. The molecule has 0 radical (unpaired) electrons. The highest BCUT2D eigenvalue weighted by molar-refractivity contribution is 5.91. The third-order valence-electron chi connectivity index (χ3n) is 3.93. The molecule has 5 nitrogen and oxygen atoms in total. The third-order valence-corrected chi connectivity index (χ3v) is 3.93. The van der Waals surface area contributed by atoms with Crippen molar-refractivity contribution in [1.82, 2.24) is 14.8 Å². The lowest BCUT2D eigenvalue weighted by molar-refractivity contribution is -0.128. The Morgan fingerprint density at radius 2 is 2.30 bits per heavy atom. The maximum absolute atomic E-state index is 12.1. The van der Waals surface area contributed by atoms with Crippen LogP contribution in [0.15, 0.2) is 24.4 Å². The first-order valence-corrected chi connectivity index (χ1v) is 7.03. The number of nitrogens with one attached hydrogen (secondary N) is 1. The van der Waals surface area contributed by atoms with E-state index >= 15 is 0 Å². The van der Waals surface area contributed by atoms with Crippen molar-refractivity contribution >= 4 is 12.0 Å². The summed E-state index contributed by atoms with van der Waals surface area (Å²) in [6.07, 6.45) is 7.56. The van der Waals surface area contributed by atoms with Gasteiger partial charge in [-0.15, -0.1) is 0 Å². The van der Waals surface area contributed by atoms with Crippen LogP contribution in [0.3, 0.4) is 0 Å². The fraction of sp³-hybridized carbons (Fsp3) is 0.467. The maximum atomic E-state index is 12.1. The van der Waals surface area contributed by atoms with E-state index < -0.39 is 0 Å². The molecule has 1 amide bonds. The maximum Gasteiger partial charge on any atom is 0.246 e. The molecule has 1 aliphatic heterocycles. The van der Waals surface area contributed by atoms with Gasteiger partial charge in [0.1, 0.15) is 6.04 Å². The standard InChI is InChI=1S/C15H18N4O/c16-10-14-11-18(8-9-19(14)13-4-5-13)15(20)6-3-12-2-1-7-17-12/h1-3,6-7,13-14,17H,4-5,8-9,11H2/b6-3+.